The number of hydrogen-bond acceptors (Lipinski definition) is 2. The van der Waals surface area contributed by atoms with E-state index in [-0.39, 0.29) is 17.9 Å². The van der Waals surface area contributed by atoms with Gasteiger partial charge in [-0.05, 0) is 57.7 Å². The summed E-state index contributed by atoms with van der Waals surface area (Å²) in [6.07, 6.45) is 0.869. The third-order valence-corrected chi connectivity index (χ3v) is 5.10. The molecule has 0 spiro atoms. The molecule has 0 unspecified atom stereocenters. The lowest BCUT2D eigenvalue weighted by atomic mass is 10.0. The van der Waals surface area contributed by atoms with Crippen molar-refractivity contribution < 1.29 is 9.59 Å². The van der Waals surface area contributed by atoms with E-state index < -0.39 is 6.04 Å². The van der Waals surface area contributed by atoms with Crippen LogP contribution < -0.4 is 5.32 Å². The van der Waals surface area contributed by atoms with Gasteiger partial charge in [-0.1, -0.05) is 60.5 Å². The molecule has 0 saturated carbocycles. The Bertz CT molecular complexity index is 858. The Morgan fingerprint density at radius 1 is 1.00 bits per heavy atom. The van der Waals surface area contributed by atoms with Crippen LogP contribution in [0.1, 0.15) is 55.0 Å². The van der Waals surface area contributed by atoms with Crippen LogP contribution in [0.2, 0.25) is 0 Å². The molecule has 0 aromatic heterocycles. The van der Waals surface area contributed by atoms with Gasteiger partial charge in [0.2, 0.25) is 11.8 Å². The first-order chi connectivity index (χ1) is 13.7. The summed E-state index contributed by atoms with van der Waals surface area (Å²) >= 11 is 0. The minimum absolute atomic E-state index is 0.0223. The fourth-order valence-electron chi connectivity index (χ4n) is 3.56. The molecular formula is C25H34N2O2. The maximum Gasteiger partial charge on any atom is 0.243 e. The minimum atomic E-state index is -0.490. The first-order valence-corrected chi connectivity index (χ1v) is 10.4. The van der Waals surface area contributed by atoms with Gasteiger partial charge in [0.05, 0.1) is 6.42 Å². The molecule has 2 rings (SSSR count). The van der Waals surface area contributed by atoms with Crippen LogP contribution in [0.15, 0.2) is 42.5 Å². The van der Waals surface area contributed by atoms with Crippen LogP contribution in [-0.4, -0.2) is 28.8 Å². The number of rotatable bonds is 8. The molecule has 0 bridgehead atoms. The second-order valence-corrected chi connectivity index (χ2v) is 8.20. The zero-order valence-electron chi connectivity index (χ0n) is 18.6. The van der Waals surface area contributed by atoms with Crippen LogP contribution in [0.3, 0.4) is 0 Å². The Balaban J connectivity index is 2.34. The fraction of sp³-hybridized carbons (Fsp3) is 0.440. The lowest BCUT2D eigenvalue weighted by molar-refractivity contribution is -0.141. The maximum atomic E-state index is 13.4. The van der Waals surface area contributed by atoms with Crippen LogP contribution in [-0.2, 0) is 22.6 Å². The summed E-state index contributed by atoms with van der Waals surface area (Å²) in [6.45, 7) is 12.3. The van der Waals surface area contributed by atoms with Gasteiger partial charge in [-0.25, -0.2) is 0 Å². The van der Waals surface area contributed by atoms with Gasteiger partial charge in [-0.3, -0.25) is 9.59 Å². The van der Waals surface area contributed by atoms with E-state index in [1.165, 1.54) is 0 Å². The van der Waals surface area contributed by atoms with Crippen molar-refractivity contribution in [2.75, 3.05) is 0 Å². The van der Waals surface area contributed by atoms with Crippen molar-refractivity contribution in [3.05, 3.63) is 70.3 Å². The van der Waals surface area contributed by atoms with Crippen molar-refractivity contribution in [3.63, 3.8) is 0 Å². The molecule has 0 heterocycles. The lowest BCUT2D eigenvalue weighted by Crippen LogP contribution is -2.50. The summed E-state index contributed by atoms with van der Waals surface area (Å²) in [6, 6.07) is 13.8. The summed E-state index contributed by atoms with van der Waals surface area (Å²) in [5.74, 6) is -0.115. The highest BCUT2D eigenvalue weighted by molar-refractivity contribution is 5.88. The van der Waals surface area contributed by atoms with Crippen molar-refractivity contribution in [1.29, 1.82) is 0 Å². The highest BCUT2D eigenvalue weighted by Gasteiger charge is 2.29. The van der Waals surface area contributed by atoms with Gasteiger partial charge in [0.25, 0.3) is 0 Å². The average Bonchev–Trinajstić information content (AvgIpc) is 2.64. The van der Waals surface area contributed by atoms with Crippen LogP contribution in [0.5, 0.6) is 0 Å². The largest absolute Gasteiger partial charge is 0.352 e. The molecule has 4 heteroatoms. The van der Waals surface area contributed by atoms with Crippen molar-refractivity contribution in [1.82, 2.24) is 10.2 Å². The summed E-state index contributed by atoms with van der Waals surface area (Å²) in [7, 11) is 0. The molecule has 29 heavy (non-hydrogen) atoms. The molecule has 2 aromatic carbocycles. The highest BCUT2D eigenvalue weighted by Crippen LogP contribution is 2.18. The molecule has 2 amide bonds. The van der Waals surface area contributed by atoms with Crippen molar-refractivity contribution in [3.8, 4) is 0 Å². The first-order valence-electron chi connectivity index (χ1n) is 10.4. The van der Waals surface area contributed by atoms with Gasteiger partial charge < -0.3 is 10.2 Å². The van der Waals surface area contributed by atoms with Gasteiger partial charge in [-0.2, -0.15) is 0 Å². The minimum Gasteiger partial charge on any atom is -0.352 e. The molecule has 0 fully saturated rings. The third-order valence-electron chi connectivity index (χ3n) is 5.10. The molecule has 0 aliphatic carbocycles. The second-order valence-electron chi connectivity index (χ2n) is 8.20. The van der Waals surface area contributed by atoms with E-state index >= 15 is 0 Å². The number of hydrogen-bond donors (Lipinski definition) is 1. The van der Waals surface area contributed by atoms with Gasteiger partial charge in [0.1, 0.15) is 6.04 Å². The number of aryl methyl sites for hydroxylation is 3. The van der Waals surface area contributed by atoms with E-state index in [9.17, 15) is 9.59 Å². The molecule has 4 nitrogen and oxygen atoms in total. The normalized spacial score (nSPS) is 12.0. The van der Waals surface area contributed by atoms with Gasteiger partial charge >= 0.3 is 0 Å². The zero-order valence-corrected chi connectivity index (χ0v) is 18.6. The zero-order chi connectivity index (χ0) is 21.6. The number of nitrogens with zero attached hydrogens (tertiary/aromatic N) is 1. The first kappa shape index (κ1) is 22.7. The van der Waals surface area contributed by atoms with Gasteiger partial charge in [0, 0.05) is 12.6 Å². The van der Waals surface area contributed by atoms with E-state index in [1.54, 1.807) is 4.90 Å². The predicted molar refractivity (Wildman–Crippen MR) is 119 cm³/mol. The number of benzene rings is 2. The van der Waals surface area contributed by atoms with E-state index in [0.717, 1.165) is 27.8 Å². The van der Waals surface area contributed by atoms with Crippen LogP contribution in [0, 0.1) is 20.8 Å². The second kappa shape index (κ2) is 10.2. The van der Waals surface area contributed by atoms with Gasteiger partial charge in [-0.15, -0.1) is 0 Å². The Kier molecular flexibility index (Phi) is 8.00. The molecule has 1 atom stereocenters. The Morgan fingerprint density at radius 2 is 1.69 bits per heavy atom. The van der Waals surface area contributed by atoms with Crippen molar-refractivity contribution in [2.24, 2.45) is 0 Å². The number of amides is 2. The molecule has 2 aromatic rings. The van der Waals surface area contributed by atoms with Crippen LogP contribution in [0.4, 0.5) is 0 Å². The Morgan fingerprint density at radius 3 is 2.31 bits per heavy atom. The Labute approximate surface area is 175 Å². The average molecular weight is 395 g/mol. The molecule has 0 saturated heterocycles. The highest BCUT2D eigenvalue weighted by atomic mass is 16.2. The molecular weight excluding hydrogens is 360 g/mol. The number of carbonyl (C=O) groups excluding carboxylic acids is 2. The summed E-state index contributed by atoms with van der Waals surface area (Å²) in [5.41, 5.74) is 5.43. The predicted octanol–water partition coefficient (Wildman–Crippen LogP) is 4.49. The summed E-state index contributed by atoms with van der Waals surface area (Å²) in [5, 5.41) is 2.98. The van der Waals surface area contributed by atoms with E-state index in [2.05, 4.69) is 23.5 Å². The van der Waals surface area contributed by atoms with Crippen LogP contribution >= 0.6 is 0 Å². The number of nitrogens with one attached hydrogen (secondary N) is 1. The van der Waals surface area contributed by atoms with Crippen molar-refractivity contribution >= 4 is 11.8 Å². The fourth-order valence-corrected chi connectivity index (χ4v) is 3.56. The monoisotopic (exact) mass is 394 g/mol. The molecule has 156 valence electrons. The van der Waals surface area contributed by atoms with E-state index in [1.807, 2.05) is 65.8 Å². The topological polar surface area (TPSA) is 49.4 Å². The lowest BCUT2D eigenvalue weighted by Gasteiger charge is -2.31. The Hall–Kier alpha value is -2.62. The standard InChI is InChI=1S/C25H34N2O2/c1-7-23(25(29)26-17(2)3)27(16-21-10-8-9-18(4)13-21)24(28)15-22-14-19(5)11-12-20(22)6/h8-14,17,23H,7,15-16H2,1-6H3,(H,26,29)/t23-/m0/s1. The van der Waals surface area contributed by atoms with E-state index in [4.69, 9.17) is 0 Å². The third kappa shape index (κ3) is 6.45. The molecule has 0 aliphatic rings. The smallest absolute Gasteiger partial charge is 0.243 e. The van der Waals surface area contributed by atoms with Gasteiger partial charge in [0.15, 0.2) is 0 Å². The maximum absolute atomic E-state index is 13.4. The molecule has 0 radical (unpaired) electrons. The number of carbonyl (C=O) groups is 2. The summed E-state index contributed by atoms with van der Waals surface area (Å²) in [4.78, 5) is 28.0. The van der Waals surface area contributed by atoms with E-state index in [0.29, 0.717) is 19.4 Å². The molecule has 0 aliphatic heterocycles. The molecule has 1 N–H and O–H groups in total. The van der Waals surface area contributed by atoms with Crippen LogP contribution in [0.25, 0.3) is 0 Å². The van der Waals surface area contributed by atoms with Crippen molar-refractivity contribution in [2.45, 2.75) is 73.0 Å². The quantitative estimate of drug-likeness (QED) is 0.717. The summed E-state index contributed by atoms with van der Waals surface area (Å²) < 4.78 is 0. The SMILES string of the molecule is CC[C@@H](C(=O)NC(C)C)N(Cc1cccc(C)c1)C(=O)Cc1cc(C)ccc1C.